The zero-order valence-electron chi connectivity index (χ0n) is 17.2. The lowest BCUT2D eigenvalue weighted by atomic mass is 10.1. The second-order valence-corrected chi connectivity index (χ2v) is 7.55. The number of anilines is 1. The van der Waals surface area contributed by atoms with Crippen LogP contribution in [-0.2, 0) is 0 Å². The lowest BCUT2D eigenvalue weighted by Gasteiger charge is -2.11. The summed E-state index contributed by atoms with van der Waals surface area (Å²) >= 11 is 0. The van der Waals surface area contributed by atoms with Crippen LogP contribution in [0.25, 0.3) is 11.1 Å². The first-order valence-electron chi connectivity index (χ1n) is 10.1. The third-order valence-corrected chi connectivity index (χ3v) is 5.29. The standard InChI is InChI=1S/C24H21N3O4/c1-14-22-18(13-19(15-7-8-15)26-24(22)31-27-14)23(28)25-16-9-11-17(12-10-16)30-21-6-4-3-5-20(21)29-2/h3-6,9-13,15H,7-8H2,1-2H3,(H,25,28). The average Bonchev–Trinajstić information content (AvgIpc) is 3.58. The number of para-hydroxylation sites is 2. The molecule has 0 spiro atoms. The van der Waals surface area contributed by atoms with Gasteiger partial charge in [0.2, 0.25) is 0 Å². The number of amides is 1. The summed E-state index contributed by atoms with van der Waals surface area (Å²) in [7, 11) is 1.60. The van der Waals surface area contributed by atoms with Gasteiger partial charge < -0.3 is 19.3 Å². The number of aryl methyl sites for hydroxylation is 1. The number of pyridine rings is 1. The fourth-order valence-corrected chi connectivity index (χ4v) is 3.52. The average molecular weight is 415 g/mol. The van der Waals surface area contributed by atoms with E-state index >= 15 is 0 Å². The number of carbonyl (C=O) groups excluding carboxylic acids is 1. The predicted octanol–water partition coefficient (Wildman–Crippen LogP) is 5.46. The van der Waals surface area contributed by atoms with E-state index in [-0.39, 0.29) is 5.91 Å². The van der Waals surface area contributed by atoms with E-state index in [1.807, 2.05) is 37.3 Å². The molecule has 4 aromatic rings. The molecule has 0 saturated heterocycles. The van der Waals surface area contributed by atoms with Crippen molar-refractivity contribution < 1.29 is 18.8 Å². The zero-order valence-corrected chi connectivity index (χ0v) is 17.2. The van der Waals surface area contributed by atoms with Crippen LogP contribution in [0, 0.1) is 6.92 Å². The Morgan fingerprint density at radius 2 is 1.84 bits per heavy atom. The van der Waals surface area contributed by atoms with Crippen LogP contribution in [0.1, 0.15) is 40.5 Å². The molecule has 7 heteroatoms. The fourth-order valence-electron chi connectivity index (χ4n) is 3.52. The number of nitrogens with one attached hydrogen (secondary N) is 1. The van der Waals surface area contributed by atoms with Gasteiger partial charge in [-0.05, 0) is 62.2 Å². The number of ether oxygens (including phenoxy) is 2. The minimum atomic E-state index is -0.223. The molecule has 5 rings (SSSR count). The second-order valence-electron chi connectivity index (χ2n) is 7.55. The van der Waals surface area contributed by atoms with E-state index in [9.17, 15) is 4.79 Å². The Balaban J connectivity index is 1.37. The van der Waals surface area contributed by atoms with Gasteiger partial charge in [-0.25, -0.2) is 4.98 Å². The maximum atomic E-state index is 13.1. The van der Waals surface area contributed by atoms with Gasteiger partial charge in [-0.15, -0.1) is 0 Å². The van der Waals surface area contributed by atoms with Gasteiger partial charge in [0.1, 0.15) is 5.75 Å². The molecule has 1 N–H and O–H groups in total. The summed E-state index contributed by atoms with van der Waals surface area (Å²) in [6.45, 7) is 1.81. The van der Waals surface area contributed by atoms with Gasteiger partial charge in [-0.2, -0.15) is 0 Å². The molecule has 0 radical (unpaired) electrons. The second kappa shape index (κ2) is 7.75. The van der Waals surface area contributed by atoms with Crippen LogP contribution in [0.5, 0.6) is 17.2 Å². The minimum Gasteiger partial charge on any atom is -0.493 e. The van der Waals surface area contributed by atoms with E-state index in [0.29, 0.717) is 51.2 Å². The summed E-state index contributed by atoms with van der Waals surface area (Å²) in [4.78, 5) is 17.6. The number of fused-ring (bicyclic) bond motifs is 1. The molecule has 1 amide bonds. The van der Waals surface area contributed by atoms with Gasteiger partial charge in [0.15, 0.2) is 11.5 Å². The smallest absolute Gasteiger partial charge is 0.259 e. The molecule has 2 aromatic carbocycles. The number of rotatable bonds is 6. The monoisotopic (exact) mass is 415 g/mol. The topological polar surface area (TPSA) is 86.5 Å². The lowest BCUT2D eigenvalue weighted by molar-refractivity contribution is 0.102. The van der Waals surface area contributed by atoms with Crippen LogP contribution in [0.3, 0.4) is 0 Å². The van der Waals surface area contributed by atoms with Crippen LogP contribution in [-0.4, -0.2) is 23.2 Å². The summed E-state index contributed by atoms with van der Waals surface area (Å²) in [6.07, 6.45) is 2.17. The van der Waals surface area contributed by atoms with Crippen molar-refractivity contribution in [1.82, 2.24) is 10.1 Å². The number of hydrogen-bond acceptors (Lipinski definition) is 6. The Hall–Kier alpha value is -3.87. The van der Waals surface area contributed by atoms with Crippen molar-refractivity contribution in [3.63, 3.8) is 0 Å². The molecule has 1 saturated carbocycles. The molecule has 2 aromatic heterocycles. The highest BCUT2D eigenvalue weighted by molar-refractivity contribution is 6.12. The summed E-state index contributed by atoms with van der Waals surface area (Å²) in [5, 5.41) is 7.59. The van der Waals surface area contributed by atoms with E-state index in [0.717, 1.165) is 18.5 Å². The Kier molecular flexibility index (Phi) is 4.78. The molecule has 0 bridgehead atoms. The van der Waals surface area contributed by atoms with Gasteiger partial charge in [-0.1, -0.05) is 17.3 Å². The molecule has 2 heterocycles. The summed E-state index contributed by atoms with van der Waals surface area (Å²) in [5.74, 6) is 2.08. The largest absolute Gasteiger partial charge is 0.493 e. The lowest BCUT2D eigenvalue weighted by Crippen LogP contribution is -2.13. The van der Waals surface area contributed by atoms with Gasteiger partial charge in [0.25, 0.3) is 11.6 Å². The van der Waals surface area contributed by atoms with Crippen LogP contribution < -0.4 is 14.8 Å². The van der Waals surface area contributed by atoms with Crippen molar-refractivity contribution >= 4 is 22.7 Å². The van der Waals surface area contributed by atoms with Gasteiger partial charge in [-0.3, -0.25) is 4.79 Å². The maximum Gasteiger partial charge on any atom is 0.259 e. The first-order valence-corrected chi connectivity index (χ1v) is 10.1. The van der Waals surface area contributed by atoms with Crippen LogP contribution in [0.15, 0.2) is 59.1 Å². The number of nitrogens with zero attached hydrogens (tertiary/aromatic N) is 2. The zero-order chi connectivity index (χ0) is 21.4. The minimum absolute atomic E-state index is 0.223. The molecule has 0 atom stereocenters. The van der Waals surface area contributed by atoms with Crippen molar-refractivity contribution in [3.8, 4) is 17.2 Å². The van der Waals surface area contributed by atoms with E-state index < -0.39 is 0 Å². The maximum absolute atomic E-state index is 13.1. The van der Waals surface area contributed by atoms with Crippen molar-refractivity contribution in [2.24, 2.45) is 0 Å². The highest BCUT2D eigenvalue weighted by Gasteiger charge is 2.28. The molecular weight excluding hydrogens is 394 g/mol. The first-order chi connectivity index (χ1) is 15.1. The number of carbonyl (C=O) groups is 1. The molecule has 1 aliphatic carbocycles. The highest BCUT2D eigenvalue weighted by Crippen LogP contribution is 2.40. The summed E-state index contributed by atoms with van der Waals surface area (Å²) < 4.78 is 16.5. The normalized spacial score (nSPS) is 13.2. The van der Waals surface area contributed by atoms with Gasteiger partial charge in [0, 0.05) is 17.3 Å². The predicted molar refractivity (Wildman–Crippen MR) is 116 cm³/mol. The summed E-state index contributed by atoms with van der Waals surface area (Å²) in [5.41, 5.74) is 3.13. The molecule has 1 aliphatic rings. The van der Waals surface area contributed by atoms with Crippen molar-refractivity contribution in [3.05, 3.63) is 71.5 Å². The Labute approximate surface area is 179 Å². The quantitative estimate of drug-likeness (QED) is 0.450. The third kappa shape index (κ3) is 3.82. The fraction of sp³-hybridized carbons (Fsp3) is 0.208. The van der Waals surface area contributed by atoms with E-state index in [1.54, 1.807) is 31.4 Å². The van der Waals surface area contributed by atoms with E-state index in [1.165, 1.54) is 0 Å². The van der Waals surface area contributed by atoms with E-state index in [2.05, 4.69) is 15.5 Å². The summed E-state index contributed by atoms with van der Waals surface area (Å²) in [6, 6.07) is 16.5. The Bertz CT molecular complexity index is 1260. The Morgan fingerprint density at radius 1 is 1.10 bits per heavy atom. The van der Waals surface area contributed by atoms with Crippen LogP contribution in [0.2, 0.25) is 0 Å². The molecule has 31 heavy (non-hydrogen) atoms. The number of aromatic nitrogens is 2. The molecule has 0 unspecified atom stereocenters. The number of benzene rings is 2. The highest BCUT2D eigenvalue weighted by atomic mass is 16.5. The first kappa shape index (κ1) is 19.1. The molecule has 7 nitrogen and oxygen atoms in total. The molecular formula is C24H21N3O4. The van der Waals surface area contributed by atoms with Gasteiger partial charge in [0.05, 0.1) is 23.8 Å². The molecule has 1 fully saturated rings. The third-order valence-electron chi connectivity index (χ3n) is 5.29. The SMILES string of the molecule is COc1ccccc1Oc1ccc(NC(=O)c2cc(C3CC3)nc3onc(C)c23)cc1. The van der Waals surface area contributed by atoms with E-state index in [4.69, 9.17) is 14.0 Å². The molecule has 156 valence electrons. The number of hydrogen-bond donors (Lipinski definition) is 1. The number of methoxy groups -OCH3 is 1. The van der Waals surface area contributed by atoms with Crippen LogP contribution >= 0.6 is 0 Å². The van der Waals surface area contributed by atoms with Crippen molar-refractivity contribution in [1.29, 1.82) is 0 Å². The van der Waals surface area contributed by atoms with Gasteiger partial charge >= 0.3 is 0 Å². The van der Waals surface area contributed by atoms with Crippen molar-refractivity contribution in [2.75, 3.05) is 12.4 Å². The van der Waals surface area contributed by atoms with Crippen molar-refractivity contribution in [2.45, 2.75) is 25.7 Å². The molecule has 0 aliphatic heterocycles. The van der Waals surface area contributed by atoms with Crippen LogP contribution in [0.4, 0.5) is 5.69 Å². The Morgan fingerprint density at radius 3 is 2.55 bits per heavy atom.